The van der Waals surface area contributed by atoms with Crippen molar-refractivity contribution in [2.24, 2.45) is 5.73 Å². The highest BCUT2D eigenvalue weighted by Crippen LogP contribution is 2.31. The molecule has 0 spiro atoms. The first-order chi connectivity index (χ1) is 18.7. The number of aromatic nitrogens is 2. The molecule has 0 atom stereocenters. The highest BCUT2D eigenvalue weighted by atomic mass is 35.5. The number of hydrogen-bond acceptors (Lipinski definition) is 8. The van der Waals surface area contributed by atoms with Gasteiger partial charge in [0.15, 0.2) is 5.82 Å². The van der Waals surface area contributed by atoms with E-state index in [2.05, 4.69) is 20.6 Å². The third-order valence-electron chi connectivity index (χ3n) is 6.06. The number of hydrogen-bond donors (Lipinski definition) is 3. The number of carbonyl (C=O) groups is 3. The van der Waals surface area contributed by atoms with E-state index in [1.54, 1.807) is 36.4 Å². The molecule has 1 aromatic heterocycles. The van der Waals surface area contributed by atoms with Crippen molar-refractivity contribution >= 4 is 58.4 Å². The fourth-order valence-corrected chi connectivity index (χ4v) is 4.24. The lowest BCUT2D eigenvalue weighted by molar-refractivity contribution is -0.124. The summed E-state index contributed by atoms with van der Waals surface area (Å²) in [5.74, 6) is -0.767. The van der Waals surface area contributed by atoms with Gasteiger partial charge in [-0.1, -0.05) is 23.7 Å². The fraction of sp³-hybridized carbons (Fsp3) is 0.250. The zero-order chi connectivity index (χ0) is 27.9. The van der Waals surface area contributed by atoms with Crippen molar-refractivity contribution in [3.8, 4) is 5.75 Å². The third kappa shape index (κ3) is 7.11. The van der Waals surface area contributed by atoms with Crippen LogP contribution in [-0.2, 0) is 9.59 Å². The number of anilines is 4. The Labute approximate surface area is 231 Å². The van der Waals surface area contributed by atoms with Crippen LogP contribution >= 0.6 is 11.6 Å². The van der Waals surface area contributed by atoms with Gasteiger partial charge in [-0.05, 0) is 62.1 Å². The van der Waals surface area contributed by atoms with Gasteiger partial charge in [-0.15, -0.1) is 0 Å². The van der Waals surface area contributed by atoms with Gasteiger partial charge in [0.05, 0.1) is 23.6 Å². The Morgan fingerprint density at radius 3 is 2.56 bits per heavy atom. The molecular weight excluding hydrogens is 520 g/mol. The van der Waals surface area contributed by atoms with Gasteiger partial charge in [0, 0.05) is 31.4 Å². The minimum Gasteiger partial charge on any atom is -0.490 e. The summed E-state index contributed by atoms with van der Waals surface area (Å²) in [7, 11) is 3.02. The summed E-state index contributed by atoms with van der Waals surface area (Å²) < 4.78 is 6.16. The van der Waals surface area contributed by atoms with Crippen LogP contribution in [0.1, 0.15) is 41.6 Å². The van der Waals surface area contributed by atoms with Crippen molar-refractivity contribution in [2.45, 2.75) is 31.8 Å². The second kappa shape index (κ2) is 12.4. The summed E-state index contributed by atoms with van der Waals surface area (Å²) in [5, 5.41) is 6.38. The lowest BCUT2D eigenvalue weighted by Crippen LogP contribution is -2.30. The summed E-state index contributed by atoms with van der Waals surface area (Å²) in [6.45, 7) is 0. The van der Waals surface area contributed by atoms with Crippen molar-refractivity contribution in [3.63, 3.8) is 0 Å². The van der Waals surface area contributed by atoms with E-state index in [9.17, 15) is 14.4 Å². The number of halogens is 1. The zero-order valence-corrected chi connectivity index (χ0v) is 22.4. The standard InChI is InChI=1S/C28H29ClN6O4/c1-35(2)27(38)25(37)20-9-5-6-10-22(20)33-26-21(29)16-31-28(34-26)32-18-12-13-23(39-19-7-3-4-8-19)17(15-18)11-14-24(30)36/h5-6,9-16,19H,3-4,7-8H2,1-2H3,(H2,30,36)(H2,31,32,33,34). The van der Waals surface area contributed by atoms with E-state index in [0.29, 0.717) is 22.7 Å². The molecule has 1 heterocycles. The minimum absolute atomic E-state index is 0.139. The number of rotatable bonds is 10. The molecule has 10 nitrogen and oxygen atoms in total. The molecule has 0 bridgehead atoms. The predicted molar refractivity (Wildman–Crippen MR) is 151 cm³/mol. The Hall–Kier alpha value is -4.44. The van der Waals surface area contributed by atoms with Crippen molar-refractivity contribution < 1.29 is 19.1 Å². The molecule has 3 aromatic rings. The number of carbonyl (C=O) groups excluding carboxylic acids is 3. The number of primary amides is 1. The molecule has 202 valence electrons. The van der Waals surface area contributed by atoms with Gasteiger partial charge in [0.2, 0.25) is 11.9 Å². The SMILES string of the molecule is CN(C)C(=O)C(=O)c1ccccc1Nc1nc(Nc2ccc(OC3CCCC3)c(C=CC(N)=O)c2)ncc1Cl. The largest absolute Gasteiger partial charge is 0.490 e. The molecule has 1 aliphatic rings. The lowest BCUT2D eigenvalue weighted by atomic mass is 10.1. The van der Waals surface area contributed by atoms with Crippen molar-refractivity contribution in [3.05, 3.63) is 70.9 Å². The van der Waals surface area contributed by atoms with E-state index >= 15 is 0 Å². The van der Waals surface area contributed by atoms with Gasteiger partial charge in [-0.3, -0.25) is 14.4 Å². The second-order valence-corrected chi connectivity index (χ2v) is 9.63. The number of nitrogens with zero attached hydrogens (tertiary/aromatic N) is 3. The summed E-state index contributed by atoms with van der Waals surface area (Å²) in [6.07, 6.45) is 8.69. The van der Waals surface area contributed by atoms with E-state index in [1.165, 1.54) is 31.3 Å². The molecule has 1 saturated carbocycles. The number of amides is 2. The lowest BCUT2D eigenvalue weighted by Gasteiger charge is -2.17. The monoisotopic (exact) mass is 548 g/mol. The van der Waals surface area contributed by atoms with Crippen LogP contribution in [0, 0.1) is 0 Å². The van der Waals surface area contributed by atoms with Gasteiger partial charge in [-0.25, -0.2) is 4.98 Å². The predicted octanol–water partition coefficient (Wildman–Crippen LogP) is 4.71. The van der Waals surface area contributed by atoms with E-state index in [1.807, 2.05) is 12.1 Å². The summed E-state index contributed by atoms with van der Waals surface area (Å²) in [6, 6.07) is 12.0. The average Bonchev–Trinajstić information content (AvgIpc) is 3.43. The number of nitrogens with one attached hydrogen (secondary N) is 2. The topological polar surface area (TPSA) is 140 Å². The van der Waals surface area contributed by atoms with Crippen LogP contribution < -0.4 is 21.1 Å². The molecular formula is C28H29ClN6O4. The molecule has 4 rings (SSSR count). The van der Waals surface area contributed by atoms with Crippen molar-refractivity contribution in [2.75, 3.05) is 24.7 Å². The van der Waals surface area contributed by atoms with Crippen LogP contribution in [0.2, 0.25) is 5.02 Å². The summed E-state index contributed by atoms with van der Waals surface area (Å²) in [5.41, 5.74) is 7.18. The fourth-order valence-electron chi connectivity index (χ4n) is 4.10. The molecule has 0 unspecified atom stereocenters. The minimum atomic E-state index is -0.664. The first-order valence-corrected chi connectivity index (χ1v) is 12.8. The number of ketones is 1. The second-order valence-electron chi connectivity index (χ2n) is 9.23. The van der Waals surface area contributed by atoms with Crippen LogP contribution in [-0.4, -0.2) is 52.7 Å². The first-order valence-electron chi connectivity index (χ1n) is 12.4. The maximum atomic E-state index is 12.7. The molecule has 4 N–H and O–H groups in total. The molecule has 1 fully saturated rings. The molecule has 2 amide bonds. The molecule has 11 heteroatoms. The van der Waals surface area contributed by atoms with Gasteiger partial charge in [0.25, 0.3) is 11.7 Å². The van der Waals surface area contributed by atoms with Gasteiger partial charge >= 0.3 is 0 Å². The smallest absolute Gasteiger partial charge is 0.294 e. The summed E-state index contributed by atoms with van der Waals surface area (Å²) >= 11 is 6.35. The van der Waals surface area contributed by atoms with Crippen LogP contribution in [0.25, 0.3) is 6.08 Å². The quantitative estimate of drug-likeness (QED) is 0.188. The number of Topliss-reactive ketones (excluding diaryl/α,β-unsaturated/α-hetero) is 1. The molecule has 0 radical (unpaired) electrons. The molecule has 39 heavy (non-hydrogen) atoms. The molecule has 0 aliphatic heterocycles. The van der Waals surface area contributed by atoms with Crippen LogP contribution in [0.5, 0.6) is 5.75 Å². The Bertz CT molecular complexity index is 1420. The number of ether oxygens (including phenoxy) is 1. The highest BCUT2D eigenvalue weighted by Gasteiger charge is 2.22. The van der Waals surface area contributed by atoms with Gasteiger partial charge in [0.1, 0.15) is 10.8 Å². The molecule has 1 aliphatic carbocycles. The van der Waals surface area contributed by atoms with Gasteiger partial charge < -0.3 is 26.0 Å². The highest BCUT2D eigenvalue weighted by molar-refractivity contribution is 6.43. The molecule has 0 saturated heterocycles. The maximum Gasteiger partial charge on any atom is 0.294 e. The van der Waals surface area contributed by atoms with E-state index in [0.717, 1.165) is 25.7 Å². The van der Waals surface area contributed by atoms with E-state index < -0.39 is 17.6 Å². The first kappa shape index (κ1) is 27.6. The van der Waals surface area contributed by atoms with E-state index in [4.69, 9.17) is 22.1 Å². The Morgan fingerprint density at radius 2 is 1.85 bits per heavy atom. The van der Waals surface area contributed by atoms with Crippen LogP contribution in [0.3, 0.4) is 0 Å². The number of para-hydroxylation sites is 1. The van der Waals surface area contributed by atoms with Crippen LogP contribution in [0.4, 0.5) is 23.1 Å². The van der Waals surface area contributed by atoms with Crippen molar-refractivity contribution in [1.82, 2.24) is 14.9 Å². The average molecular weight is 549 g/mol. The van der Waals surface area contributed by atoms with Gasteiger partial charge in [-0.2, -0.15) is 4.98 Å². The number of nitrogens with two attached hydrogens (primary N) is 1. The Morgan fingerprint density at radius 1 is 1.10 bits per heavy atom. The van der Waals surface area contributed by atoms with Crippen LogP contribution in [0.15, 0.2) is 54.7 Å². The number of likely N-dealkylation sites (N-methyl/N-ethyl adjacent to an activating group) is 1. The molecule has 2 aromatic carbocycles. The summed E-state index contributed by atoms with van der Waals surface area (Å²) in [4.78, 5) is 46.2. The van der Waals surface area contributed by atoms with Crippen molar-refractivity contribution in [1.29, 1.82) is 0 Å². The third-order valence-corrected chi connectivity index (χ3v) is 6.33. The maximum absolute atomic E-state index is 12.7. The normalized spacial score (nSPS) is 13.3. The number of benzene rings is 2. The Balaban J connectivity index is 1.58. The van der Waals surface area contributed by atoms with E-state index in [-0.39, 0.29) is 28.5 Å². The Kier molecular flexibility index (Phi) is 8.77. The zero-order valence-electron chi connectivity index (χ0n) is 21.6.